The Labute approximate surface area is 184 Å². The van der Waals surface area contributed by atoms with Gasteiger partial charge in [-0.1, -0.05) is 23.5 Å². The van der Waals surface area contributed by atoms with E-state index in [0.717, 1.165) is 45.8 Å². The quantitative estimate of drug-likeness (QED) is 0.461. The molecule has 1 aliphatic heterocycles. The maximum Gasteiger partial charge on any atom is 0.180 e. The molecule has 7 heteroatoms. The first-order valence-electron chi connectivity index (χ1n) is 10.5. The van der Waals surface area contributed by atoms with Crippen molar-refractivity contribution in [3.63, 3.8) is 0 Å². The Bertz CT molecular complexity index is 1250. The van der Waals surface area contributed by atoms with Crippen molar-refractivity contribution < 1.29 is 4.79 Å². The van der Waals surface area contributed by atoms with Gasteiger partial charge in [0.15, 0.2) is 10.9 Å². The molecule has 1 fully saturated rings. The molecule has 156 valence electrons. The second-order valence-corrected chi connectivity index (χ2v) is 8.91. The molecule has 4 aromatic rings. The van der Waals surface area contributed by atoms with Gasteiger partial charge in [-0.05, 0) is 54.5 Å². The maximum atomic E-state index is 13.0. The van der Waals surface area contributed by atoms with Crippen molar-refractivity contribution >= 4 is 38.8 Å². The third-order valence-corrected chi connectivity index (χ3v) is 6.55. The normalized spacial score (nSPS) is 14.1. The Hall–Kier alpha value is -3.32. The van der Waals surface area contributed by atoms with Gasteiger partial charge in [0.2, 0.25) is 0 Å². The first-order valence-corrected chi connectivity index (χ1v) is 11.3. The molecule has 1 aromatic carbocycles. The van der Waals surface area contributed by atoms with Crippen LogP contribution >= 0.6 is 11.3 Å². The van der Waals surface area contributed by atoms with Gasteiger partial charge in [0.25, 0.3) is 0 Å². The number of hydrogen-bond acceptors (Lipinski definition) is 7. The summed E-state index contributed by atoms with van der Waals surface area (Å²) in [5.74, 6) is 0.949. The Morgan fingerprint density at radius 3 is 2.65 bits per heavy atom. The van der Waals surface area contributed by atoms with Gasteiger partial charge in [0.1, 0.15) is 5.82 Å². The van der Waals surface area contributed by atoms with E-state index in [1.807, 2.05) is 30.5 Å². The number of carbonyl (C=O) groups excluding carboxylic acids is 1. The lowest BCUT2D eigenvalue weighted by Crippen LogP contribution is -2.30. The lowest BCUT2D eigenvalue weighted by Gasteiger charge is -2.27. The summed E-state index contributed by atoms with van der Waals surface area (Å²) in [4.78, 5) is 29.4. The van der Waals surface area contributed by atoms with E-state index >= 15 is 0 Å². The van der Waals surface area contributed by atoms with E-state index < -0.39 is 0 Å². The highest BCUT2D eigenvalue weighted by Gasteiger charge is 2.15. The largest absolute Gasteiger partial charge is 0.375 e. The van der Waals surface area contributed by atoms with Gasteiger partial charge in [-0.3, -0.25) is 9.78 Å². The van der Waals surface area contributed by atoms with Gasteiger partial charge in [-0.15, -0.1) is 0 Å². The first-order chi connectivity index (χ1) is 15.2. The summed E-state index contributed by atoms with van der Waals surface area (Å²) in [6.07, 6.45) is 9.23. The molecule has 2 N–H and O–H groups in total. The van der Waals surface area contributed by atoms with Gasteiger partial charge in [-0.2, -0.15) is 0 Å². The molecule has 0 amide bonds. The zero-order chi connectivity index (χ0) is 21.2. The molecule has 0 unspecified atom stereocenters. The number of carbonyl (C=O) groups is 1. The highest BCUT2D eigenvalue weighted by molar-refractivity contribution is 7.18. The Kier molecular flexibility index (Phi) is 5.34. The minimum Gasteiger partial charge on any atom is -0.375 e. The van der Waals surface area contributed by atoms with Crippen molar-refractivity contribution in [2.75, 3.05) is 23.7 Å². The maximum absolute atomic E-state index is 13.0. The molecule has 0 spiro atoms. The van der Waals surface area contributed by atoms with E-state index in [0.29, 0.717) is 10.7 Å². The van der Waals surface area contributed by atoms with E-state index in [-0.39, 0.29) is 12.2 Å². The van der Waals surface area contributed by atoms with Crippen LogP contribution < -0.4 is 10.6 Å². The molecule has 3 aromatic heterocycles. The van der Waals surface area contributed by atoms with Crippen molar-refractivity contribution in [3.05, 3.63) is 66.2 Å². The number of nitrogen functional groups attached to an aromatic ring is 1. The standard InChI is InChI=1S/C24H23N5OS/c25-24-28-15-22(31-24)17-4-5-18-14-27-20(11-19(18)10-17)13-21(30)16-6-7-26-23(12-16)29-8-2-1-3-9-29/h4-7,10-12,14-15H,1-3,8-9,13H2,(H2,25,28). The van der Waals surface area contributed by atoms with Gasteiger partial charge in [0, 0.05) is 48.3 Å². The molecule has 5 rings (SSSR count). The van der Waals surface area contributed by atoms with Crippen molar-refractivity contribution in [2.45, 2.75) is 25.7 Å². The number of anilines is 2. The summed E-state index contributed by atoms with van der Waals surface area (Å²) in [6.45, 7) is 2.01. The monoisotopic (exact) mass is 429 g/mol. The fourth-order valence-corrected chi connectivity index (χ4v) is 4.69. The molecule has 4 heterocycles. The Morgan fingerprint density at radius 2 is 1.84 bits per heavy atom. The number of Topliss-reactive ketones (excluding diaryl/α,β-unsaturated/α-hetero) is 1. The minimum atomic E-state index is 0.0545. The van der Waals surface area contributed by atoms with Crippen LogP contribution in [0.3, 0.4) is 0 Å². The zero-order valence-electron chi connectivity index (χ0n) is 17.1. The summed E-state index contributed by atoms with van der Waals surface area (Å²) in [5.41, 5.74) is 8.28. The summed E-state index contributed by atoms with van der Waals surface area (Å²) in [6, 6.07) is 11.9. The van der Waals surface area contributed by atoms with E-state index in [1.54, 1.807) is 18.5 Å². The van der Waals surface area contributed by atoms with Crippen LogP contribution in [0.2, 0.25) is 0 Å². The summed E-state index contributed by atoms with van der Waals surface area (Å²) >= 11 is 1.46. The number of nitrogens with zero attached hydrogens (tertiary/aromatic N) is 4. The lowest BCUT2D eigenvalue weighted by atomic mass is 10.0. The summed E-state index contributed by atoms with van der Waals surface area (Å²) in [5, 5.41) is 2.64. The van der Waals surface area contributed by atoms with Gasteiger partial charge in [-0.25, -0.2) is 9.97 Å². The van der Waals surface area contributed by atoms with Crippen LogP contribution in [0.1, 0.15) is 35.3 Å². The predicted octanol–water partition coefficient (Wildman–Crippen LogP) is 4.75. The zero-order valence-corrected chi connectivity index (χ0v) is 17.9. The number of benzene rings is 1. The number of piperidine rings is 1. The number of ketones is 1. The molecule has 0 saturated carbocycles. The second-order valence-electron chi connectivity index (χ2n) is 7.85. The topological polar surface area (TPSA) is 85.0 Å². The van der Waals surface area contributed by atoms with Crippen LogP contribution in [0.15, 0.2) is 55.0 Å². The fraction of sp³-hybridized carbons (Fsp3) is 0.250. The number of rotatable bonds is 5. The molecular weight excluding hydrogens is 406 g/mol. The van der Waals surface area contributed by atoms with E-state index in [2.05, 4.69) is 25.9 Å². The van der Waals surface area contributed by atoms with Crippen LogP contribution in [0.5, 0.6) is 0 Å². The molecular formula is C24H23N5OS. The average Bonchev–Trinajstić information content (AvgIpc) is 3.25. The second kappa shape index (κ2) is 8.43. The van der Waals surface area contributed by atoms with Gasteiger partial charge >= 0.3 is 0 Å². The van der Waals surface area contributed by atoms with Crippen molar-refractivity contribution in [3.8, 4) is 10.4 Å². The minimum absolute atomic E-state index is 0.0545. The van der Waals surface area contributed by atoms with Gasteiger partial charge < -0.3 is 10.6 Å². The van der Waals surface area contributed by atoms with Crippen LogP contribution in [-0.4, -0.2) is 33.8 Å². The lowest BCUT2D eigenvalue weighted by molar-refractivity contribution is 0.0992. The smallest absolute Gasteiger partial charge is 0.180 e. The Morgan fingerprint density at radius 1 is 0.968 bits per heavy atom. The molecule has 0 atom stereocenters. The molecule has 0 aliphatic carbocycles. The van der Waals surface area contributed by atoms with Crippen molar-refractivity contribution in [1.29, 1.82) is 0 Å². The summed E-state index contributed by atoms with van der Waals surface area (Å²) in [7, 11) is 0. The number of thiazole rings is 1. The third-order valence-electron chi connectivity index (χ3n) is 5.68. The van der Waals surface area contributed by atoms with E-state index in [1.165, 1.54) is 30.6 Å². The summed E-state index contributed by atoms with van der Waals surface area (Å²) < 4.78 is 0. The van der Waals surface area contributed by atoms with Crippen LogP contribution in [0.25, 0.3) is 21.2 Å². The van der Waals surface area contributed by atoms with Crippen LogP contribution in [0.4, 0.5) is 10.9 Å². The van der Waals surface area contributed by atoms with Crippen LogP contribution in [-0.2, 0) is 6.42 Å². The predicted molar refractivity (Wildman–Crippen MR) is 126 cm³/mol. The van der Waals surface area contributed by atoms with E-state index in [4.69, 9.17) is 5.73 Å². The van der Waals surface area contributed by atoms with Gasteiger partial charge in [0.05, 0.1) is 11.3 Å². The first kappa shape index (κ1) is 19.6. The van der Waals surface area contributed by atoms with Crippen molar-refractivity contribution in [1.82, 2.24) is 15.0 Å². The Balaban J connectivity index is 1.37. The van der Waals surface area contributed by atoms with Crippen LogP contribution in [0, 0.1) is 0 Å². The number of aromatic nitrogens is 3. The molecule has 0 radical (unpaired) electrons. The molecule has 6 nitrogen and oxygen atoms in total. The number of nitrogens with two attached hydrogens (primary N) is 1. The number of hydrogen-bond donors (Lipinski definition) is 1. The molecule has 1 aliphatic rings. The SMILES string of the molecule is Nc1ncc(-c2ccc3cnc(CC(=O)c4ccnc(N5CCCCC5)c4)cc3c2)s1. The highest BCUT2D eigenvalue weighted by atomic mass is 32.1. The molecule has 31 heavy (non-hydrogen) atoms. The number of fused-ring (bicyclic) bond motifs is 1. The van der Waals surface area contributed by atoms with E-state index in [9.17, 15) is 4.79 Å². The highest BCUT2D eigenvalue weighted by Crippen LogP contribution is 2.30. The third kappa shape index (κ3) is 4.27. The fourth-order valence-electron chi connectivity index (χ4n) is 4.01. The van der Waals surface area contributed by atoms with Crippen molar-refractivity contribution in [2.24, 2.45) is 0 Å². The molecule has 1 saturated heterocycles. The average molecular weight is 430 g/mol. The molecule has 0 bridgehead atoms. The number of pyridine rings is 2.